The molecule has 0 radical (unpaired) electrons. The quantitative estimate of drug-likeness (QED) is 0.0212. The normalized spacial score (nSPS) is 13.9. The van der Waals surface area contributed by atoms with E-state index in [4.69, 9.17) is 13.8 Å². The maximum atomic E-state index is 13.6. The number of esters is 1. The molecule has 0 rings (SSSR count). The first kappa shape index (κ1) is 75.0. The summed E-state index contributed by atoms with van der Waals surface area (Å²) in [5, 5.41) is 3.04. The summed E-state index contributed by atoms with van der Waals surface area (Å²) in [6.07, 6.45) is 70.8. The van der Waals surface area contributed by atoms with Crippen LogP contribution < -0.4 is 10.2 Å². The average Bonchev–Trinajstić information content (AvgIpc) is 3.39. The minimum absolute atomic E-state index is 0.0210. The van der Waals surface area contributed by atoms with Crippen LogP contribution in [-0.2, 0) is 27.9 Å². The molecule has 0 aliphatic carbocycles. The Morgan fingerprint density at radius 2 is 0.792 bits per heavy atom. The van der Waals surface area contributed by atoms with Gasteiger partial charge in [-0.05, 0) is 70.3 Å². The molecule has 77 heavy (non-hydrogen) atoms. The van der Waals surface area contributed by atoms with E-state index in [1.165, 1.54) is 212 Å². The van der Waals surface area contributed by atoms with Crippen LogP contribution in [0.25, 0.3) is 0 Å². The Balaban J connectivity index is 5.09. The Morgan fingerprint density at radius 3 is 1.21 bits per heavy atom. The number of hydrogen-bond acceptors (Lipinski definition) is 7. The lowest BCUT2D eigenvalue weighted by Crippen LogP contribution is -2.47. The topological polar surface area (TPSA) is 114 Å². The van der Waals surface area contributed by atoms with Crippen LogP contribution in [0.1, 0.15) is 316 Å². The van der Waals surface area contributed by atoms with Crippen molar-refractivity contribution in [3.8, 4) is 0 Å². The van der Waals surface area contributed by atoms with Crippen molar-refractivity contribution in [2.24, 2.45) is 0 Å². The molecule has 3 atom stereocenters. The highest BCUT2D eigenvalue weighted by atomic mass is 31.2. The molecule has 0 aromatic carbocycles. The number of nitrogens with zero attached hydrogens (tertiary/aromatic N) is 1. The lowest BCUT2D eigenvalue weighted by molar-refractivity contribution is -0.870. The van der Waals surface area contributed by atoms with E-state index < -0.39 is 20.0 Å². The number of carbonyl (C=O) groups is 2. The summed E-state index contributed by atoms with van der Waals surface area (Å²) in [6, 6.07) is -0.886. The Hall–Kier alpha value is -2.03. The summed E-state index contributed by atoms with van der Waals surface area (Å²) in [6.45, 7) is 6.85. The molecule has 0 heterocycles. The summed E-state index contributed by atoms with van der Waals surface area (Å²) >= 11 is 0. The fourth-order valence-electron chi connectivity index (χ4n) is 9.65. The maximum absolute atomic E-state index is 13.6. The van der Waals surface area contributed by atoms with Gasteiger partial charge in [-0.15, -0.1) is 0 Å². The largest absolute Gasteiger partial charge is 0.756 e. The molecule has 1 amide bonds. The average molecular weight is 1100 g/mol. The predicted octanol–water partition coefficient (Wildman–Crippen LogP) is 19.8. The monoisotopic (exact) mass is 1100 g/mol. The number of rotatable bonds is 60. The molecule has 0 saturated heterocycles. The van der Waals surface area contributed by atoms with E-state index in [2.05, 4.69) is 62.5 Å². The van der Waals surface area contributed by atoms with Crippen molar-refractivity contribution in [3.05, 3.63) is 48.6 Å². The number of ether oxygens (including phenoxy) is 1. The van der Waals surface area contributed by atoms with Crippen LogP contribution in [-0.4, -0.2) is 69.4 Å². The molecule has 0 saturated carbocycles. The number of hydrogen-bond donors (Lipinski definition) is 1. The molecule has 9 nitrogen and oxygen atoms in total. The molecule has 0 aliphatic heterocycles. The third-order valence-corrected chi connectivity index (χ3v) is 15.7. The van der Waals surface area contributed by atoms with E-state index >= 15 is 0 Å². The van der Waals surface area contributed by atoms with Crippen LogP contribution in [0.5, 0.6) is 0 Å². The van der Waals surface area contributed by atoms with Gasteiger partial charge in [0.05, 0.1) is 33.8 Å². The van der Waals surface area contributed by atoms with E-state index in [0.717, 1.165) is 70.6 Å². The molecule has 0 spiro atoms. The van der Waals surface area contributed by atoms with Gasteiger partial charge in [0.15, 0.2) is 0 Å². The van der Waals surface area contributed by atoms with Gasteiger partial charge >= 0.3 is 5.97 Å². The molecule has 0 aliphatic rings. The molecule has 0 fully saturated rings. The van der Waals surface area contributed by atoms with Crippen LogP contribution >= 0.6 is 7.82 Å². The van der Waals surface area contributed by atoms with Crippen molar-refractivity contribution in [1.82, 2.24) is 5.32 Å². The lowest BCUT2D eigenvalue weighted by atomic mass is 10.0. The molecule has 0 aromatic rings. The standard InChI is InChI=1S/C67H127N2O7P/c1-7-10-13-16-19-22-25-28-29-30-31-32-33-34-35-36-37-38-39-42-44-47-50-53-56-59-66(70)68-64(63-75-77(72,73)74-62-61-69(4,5)6)65(58-55-52-49-46-43-40-26-23-20-17-14-11-8-2)76-67(71)60-57-54-51-48-45-41-27-24-21-18-15-12-9-3/h19,22,28-29,31-32,55,58,64-65H,7-18,20-21,23-27,30,33-54,56-57,59-63H2,1-6H3,(H-,68,70,72,73)/b22-19-,29-28-,32-31-,58-55-. The zero-order chi connectivity index (χ0) is 56.4. The number of carbonyl (C=O) groups excluding carboxylic acids is 2. The fraction of sp³-hybridized carbons (Fsp3) is 0.851. The highest BCUT2D eigenvalue weighted by Crippen LogP contribution is 2.38. The zero-order valence-electron chi connectivity index (χ0n) is 51.7. The third kappa shape index (κ3) is 58.4. The maximum Gasteiger partial charge on any atom is 0.306 e. The number of nitrogens with one attached hydrogen (secondary N) is 1. The number of amides is 1. The van der Waals surface area contributed by atoms with Crippen molar-refractivity contribution >= 4 is 19.7 Å². The molecule has 3 unspecified atom stereocenters. The van der Waals surface area contributed by atoms with E-state index in [1.54, 1.807) is 0 Å². The predicted molar refractivity (Wildman–Crippen MR) is 330 cm³/mol. The first-order valence-corrected chi connectivity index (χ1v) is 34.4. The van der Waals surface area contributed by atoms with E-state index in [-0.39, 0.29) is 31.5 Å². The van der Waals surface area contributed by atoms with Crippen LogP contribution in [0.4, 0.5) is 0 Å². The minimum Gasteiger partial charge on any atom is -0.756 e. The Kier molecular flexibility index (Phi) is 55.7. The molecule has 0 bridgehead atoms. The molecule has 0 aromatic heterocycles. The van der Waals surface area contributed by atoms with Gasteiger partial charge in [-0.3, -0.25) is 14.2 Å². The number of phosphoric acid groups is 1. The smallest absolute Gasteiger partial charge is 0.306 e. The minimum atomic E-state index is -4.70. The Bertz CT molecular complexity index is 1460. The summed E-state index contributed by atoms with van der Waals surface area (Å²) in [4.78, 5) is 40.0. The SMILES string of the molecule is CCCCC/C=C\C/C=C\C/C=C\CCCCCCCCCCCCCCC(=O)NC(COP(=O)([O-])OCC[N+](C)(C)C)C(/C=C\CCCCCCCCCCCCC)OC(=O)CCCCCCCCCCCCCCC. The second kappa shape index (κ2) is 57.2. The molecule has 1 N–H and O–H groups in total. The van der Waals surface area contributed by atoms with Gasteiger partial charge in [0, 0.05) is 12.8 Å². The number of likely N-dealkylation sites (N-methyl/N-ethyl adjacent to an activating group) is 1. The number of allylic oxidation sites excluding steroid dienone is 7. The summed E-state index contributed by atoms with van der Waals surface area (Å²) in [5.74, 6) is -0.530. The van der Waals surface area contributed by atoms with Crippen molar-refractivity contribution in [2.45, 2.75) is 328 Å². The summed E-state index contributed by atoms with van der Waals surface area (Å²) in [7, 11) is 1.19. The highest BCUT2D eigenvalue weighted by Gasteiger charge is 2.27. The summed E-state index contributed by atoms with van der Waals surface area (Å²) in [5.41, 5.74) is 0. The number of phosphoric ester groups is 1. The number of unbranched alkanes of at least 4 members (excludes halogenated alkanes) is 38. The van der Waals surface area contributed by atoms with Crippen molar-refractivity contribution < 1.29 is 37.3 Å². The van der Waals surface area contributed by atoms with Gasteiger partial charge in [-0.2, -0.15) is 0 Å². The van der Waals surface area contributed by atoms with Gasteiger partial charge in [0.25, 0.3) is 7.82 Å². The second-order valence-electron chi connectivity index (χ2n) is 23.6. The Labute approximate surface area is 478 Å². The van der Waals surface area contributed by atoms with Crippen LogP contribution in [0.3, 0.4) is 0 Å². The van der Waals surface area contributed by atoms with Crippen molar-refractivity contribution in [3.63, 3.8) is 0 Å². The van der Waals surface area contributed by atoms with Gasteiger partial charge in [0.2, 0.25) is 5.91 Å². The van der Waals surface area contributed by atoms with Crippen LogP contribution in [0.15, 0.2) is 48.6 Å². The fourth-order valence-corrected chi connectivity index (χ4v) is 10.4. The van der Waals surface area contributed by atoms with E-state index in [1.807, 2.05) is 33.3 Å². The summed E-state index contributed by atoms with van der Waals surface area (Å²) < 4.78 is 30.4. The first-order chi connectivity index (χ1) is 37.4. The van der Waals surface area contributed by atoms with E-state index in [0.29, 0.717) is 17.4 Å². The first-order valence-electron chi connectivity index (χ1n) is 32.9. The second-order valence-corrected chi connectivity index (χ2v) is 25.0. The molecule has 452 valence electrons. The zero-order valence-corrected chi connectivity index (χ0v) is 52.6. The molecular formula is C67H127N2O7P. The third-order valence-electron chi connectivity index (χ3n) is 14.8. The van der Waals surface area contributed by atoms with Gasteiger partial charge < -0.3 is 28.5 Å². The van der Waals surface area contributed by atoms with Crippen LogP contribution in [0.2, 0.25) is 0 Å². The van der Waals surface area contributed by atoms with Gasteiger partial charge in [-0.25, -0.2) is 0 Å². The van der Waals surface area contributed by atoms with Crippen molar-refractivity contribution in [2.75, 3.05) is 40.9 Å². The van der Waals surface area contributed by atoms with E-state index in [9.17, 15) is 19.0 Å². The van der Waals surface area contributed by atoms with Crippen LogP contribution in [0, 0.1) is 0 Å². The van der Waals surface area contributed by atoms with Gasteiger partial charge in [0.1, 0.15) is 19.3 Å². The molecule has 10 heteroatoms. The van der Waals surface area contributed by atoms with Gasteiger partial charge in [-0.1, -0.05) is 282 Å². The highest BCUT2D eigenvalue weighted by molar-refractivity contribution is 7.45. The van der Waals surface area contributed by atoms with Crippen molar-refractivity contribution in [1.29, 1.82) is 0 Å². The lowest BCUT2D eigenvalue weighted by Gasteiger charge is -2.30. The molecular weight excluding hydrogens is 976 g/mol. The Morgan fingerprint density at radius 1 is 0.455 bits per heavy atom. The number of quaternary nitrogens is 1.